The Balaban J connectivity index is 1.77. The van der Waals surface area contributed by atoms with Crippen molar-refractivity contribution in [1.29, 1.82) is 0 Å². The minimum absolute atomic E-state index is 0.277. The molecule has 2 fully saturated rings. The Bertz CT molecular complexity index is 498. The lowest BCUT2D eigenvalue weighted by atomic mass is 9.93. The number of alkyl halides is 3. The van der Waals surface area contributed by atoms with Gasteiger partial charge in [0.1, 0.15) is 0 Å². The van der Waals surface area contributed by atoms with Crippen molar-refractivity contribution in [3.05, 3.63) is 29.3 Å². The molecule has 2 saturated heterocycles. The van der Waals surface area contributed by atoms with Gasteiger partial charge in [0.2, 0.25) is 0 Å². The number of halogens is 3. The number of aryl methyl sites for hydroxylation is 1. The average Bonchev–Trinajstić information content (AvgIpc) is 2.77. The number of rotatable bonds is 2. The van der Waals surface area contributed by atoms with Crippen LogP contribution < -0.4 is 5.32 Å². The standard InChI is InChI=1S/C15H19F3N2/c1-10-2-3-12(8-13(10)15(16,17)18)19-14-5-7-20-6-4-11(14)9-20/h2-3,8,11,14,19H,4-7,9H2,1H3. The SMILES string of the molecule is Cc1ccc(NC2CCN3CCC2C3)cc1C(F)(F)F. The Kier molecular flexibility index (Phi) is 3.40. The van der Waals surface area contributed by atoms with Gasteiger partial charge in [-0.3, -0.25) is 0 Å². The van der Waals surface area contributed by atoms with Crippen LogP contribution in [0.4, 0.5) is 18.9 Å². The Morgan fingerprint density at radius 3 is 2.70 bits per heavy atom. The van der Waals surface area contributed by atoms with Crippen molar-refractivity contribution in [2.45, 2.75) is 32.0 Å². The predicted octanol–water partition coefficient (Wildman–Crippen LogP) is 3.52. The molecule has 110 valence electrons. The van der Waals surface area contributed by atoms with E-state index in [9.17, 15) is 13.2 Å². The summed E-state index contributed by atoms with van der Waals surface area (Å²) in [5, 5.41) is 3.32. The Morgan fingerprint density at radius 2 is 1.95 bits per heavy atom. The molecule has 0 aromatic heterocycles. The fraction of sp³-hybridized carbons (Fsp3) is 0.600. The number of nitrogens with one attached hydrogen (secondary N) is 1. The van der Waals surface area contributed by atoms with Crippen LogP contribution in [0.2, 0.25) is 0 Å². The maximum absolute atomic E-state index is 12.9. The third kappa shape index (κ3) is 2.64. The zero-order valence-electron chi connectivity index (χ0n) is 11.5. The zero-order valence-corrected chi connectivity index (χ0v) is 11.5. The minimum Gasteiger partial charge on any atom is -0.382 e. The van der Waals surface area contributed by atoms with E-state index >= 15 is 0 Å². The van der Waals surface area contributed by atoms with E-state index in [1.807, 2.05) is 0 Å². The largest absolute Gasteiger partial charge is 0.416 e. The first kappa shape index (κ1) is 13.7. The molecule has 0 saturated carbocycles. The van der Waals surface area contributed by atoms with Gasteiger partial charge in [0.15, 0.2) is 0 Å². The Labute approximate surface area is 117 Å². The number of anilines is 1. The molecule has 3 atom stereocenters. The molecule has 5 heteroatoms. The van der Waals surface area contributed by atoms with E-state index in [4.69, 9.17) is 0 Å². The van der Waals surface area contributed by atoms with E-state index in [0.29, 0.717) is 17.6 Å². The van der Waals surface area contributed by atoms with E-state index in [1.165, 1.54) is 13.0 Å². The fourth-order valence-corrected chi connectivity index (χ4v) is 3.37. The molecule has 1 aromatic rings. The highest BCUT2D eigenvalue weighted by atomic mass is 19.4. The summed E-state index contributed by atoms with van der Waals surface area (Å²) in [4.78, 5) is 2.43. The van der Waals surface area contributed by atoms with Crippen LogP contribution in [0.25, 0.3) is 0 Å². The fourth-order valence-electron chi connectivity index (χ4n) is 3.37. The second-order valence-corrected chi connectivity index (χ2v) is 5.92. The van der Waals surface area contributed by atoms with Crippen LogP contribution in [0.15, 0.2) is 18.2 Å². The topological polar surface area (TPSA) is 15.3 Å². The third-order valence-corrected chi connectivity index (χ3v) is 4.53. The van der Waals surface area contributed by atoms with Crippen LogP contribution >= 0.6 is 0 Å². The van der Waals surface area contributed by atoms with Gasteiger partial charge in [-0.2, -0.15) is 13.2 Å². The van der Waals surface area contributed by atoms with Crippen molar-refractivity contribution in [3.63, 3.8) is 0 Å². The number of hydrogen-bond acceptors (Lipinski definition) is 2. The number of hydrogen-bond donors (Lipinski definition) is 1. The summed E-state index contributed by atoms with van der Waals surface area (Å²) < 4.78 is 38.8. The molecular weight excluding hydrogens is 265 g/mol. The van der Waals surface area contributed by atoms with Crippen molar-refractivity contribution in [2.75, 3.05) is 25.0 Å². The summed E-state index contributed by atoms with van der Waals surface area (Å²) in [6.45, 7) is 4.76. The van der Waals surface area contributed by atoms with E-state index in [-0.39, 0.29) is 5.56 Å². The summed E-state index contributed by atoms with van der Waals surface area (Å²) in [6.07, 6.45) is -2.12. The smallest absolute Gasteiger partial charge is 0.382 e. The van der Waals surface area contributed by atoms with Crippen LogP contribution in [0, 0.1) is 12.8 Å². The lowest BCUT2D eigenvalue weighted by Crippen LogP contribution is -2.39. The van der Waals surface area contributed by atoms with Gasteiger partial charge in [0.05, 0.1) is 5.56 Å². The Morgan fingerprint density at radius 1 is 1.20 bits per heavy atom. The number of fused-ring (bicyclic) bond motifs is 2. The third-order valence-electron chi connectivity index (χ3n) is 4.53. The molecule has 2 heterocycles. The van der Waals surface area contributed by atoms with Crippen molar-refractivity contribution in [1.82, 2.24) is 4.90 Å². The van der Waals surface area contributed by atoms with E-state index in [1.54, 1.807) is 12.1 Å². The highest BCUT2D eigenvalue weighted by molar-refractivity contribution is 5.50. The molecule has 20 heavy (non-hydrogen) atoms. The molecule has 2 nitrogen and oxygen atoms in total. The van der Waals surface area contributed by atoms with Crippen molar-refractivity contribution in [2.24, 2.45) is 5.92 Å². The highest BCUT2D eigenvalue weighted by Gasteiger charge is 2.35. The van der Waals surface area contributed by atoms with Crippen LogP contribution in [0.5, 0.6) is 0 Å². The molecule has 2 bridgehead atoms. The first-order valence-electron chi connectivity index (χ1n) is 7.10. The predicted molar refractivity (Wildman–Crippen MR) is 72.8 cm³/mol. The van der Waals surface area contributed by atoms with Gasteiger partial charge in [-0.25, -0.2) is 0 Å². The normalized spacial score (nSPS) is 29.5. The number of benzene rings is 1. The van der Waals surface area contributed by atoms with Crippen LogP contribution in [0.1, 0.15) is 24.0 Å². The monoisotopic (exact) mass is 284 g/mol. The summed E-state index contributed by atoms with van der Waals surface area (Å²) >= 11 is 0. The zero-order chi connectivity index (χ0) is 14.3. The molecule has 3 rings (SSSR count). The summed E-state index contributed by atoms with van der Waals surface area (Å²) in [5.41, 5.74) is 0.332. The molecule has 2 aliphatic heterocycles. The molecule has 0 amide bonds. The second-order valence-electron chi connectivity index (χ2n) is 5.92. The molecule has 1 N–H and O–H groups in total. The van der Waals surface area contributed by atoms with Gasteiger partial charge in [0, 0.05) is 24.8 Å². The molecule has 0 spiro atoms. The molecule has 2 aliphatic rings. The van der Waals surface area contributed by atoms with Crippen LogP contribution in [0.3, 0.4) is 0 Å². The second kappa shape index (κ2) is 4.95. The summed E-state index contributed by atoms with van der Waals surface area (Å²) in [7, 11) is 0. The van der Waals surface area contributed by atoms with Gasteiger partial charge < -0.3 is 10.2 Å². The summed E-state index contributed by atoms with van der Waals surface area (Å²) in [5.74, 6) is 0.569. The molecule has 1 aromatic carbocycles. The first-order chi connectivity index (χ1) is 9.43. The first-order valence-corrected chi connectivity index (χ1v) is 7.10. The quantitative estimate of drug-likeness (QED) is 0.894. The van der Waals surface area contributed by atoms with Gasteiger partial charge in [0.25, 0.3) is 0 Å². The average molecular weight is 284 g/mol. The van der Waals surface area contributed by atoms with Crippen molar-refractivity contribution < 1.29 is 13.2 Å². The van der Waals surface area contributed by atoms with E-state index < -0.39 is 11.7 Å². The van der Waals surface area contributed by atoms with Gasteiger partial charge in [-0.05, 0) is 49.9 Å². The van der Waals surface area contributed by atoms with Gasteiger partial charge >= 0.3 is 6.18 Å². The van der Waals surface area contributed by atoms with Gasteiger partial charge in [-0.15, -0.1) is 0 Å². The Hall–Kier alpha value is -1.23. The minimum atomic E-state index is -4.28. The number of nitrogens with zero attached hydrogens (tertiary/aromatic N) is 1. The van der Waals surface area contributed by atoms with Crippen molar-refractivity contribution in [3.8, 4) is 0 Å². The van der Waals surface area contributed by atoms with Crippen LogP contribution in [-0.2, 0) is 6.18 Å². The lowest BCUT2D eigenvalue weighted by molar-refractivity contribution is -0.138. The van der Waals surface area contributed by atoms with Crippen LogP contribution in [-0.4, -0.2) is 30.6 Å². The highest BCUT2D eigenvalue weighted by Crippen LogP contribution is 2.35. The summed E-state index contributed by atoms with van der Waals surface area (Å²) in [6, 6.07) is 4.86. The van der Waals surface area contributed by atoms with Crippen molar-refractivity contribution >= 4 is 5.69 Å². The maximum atomic E-state index is 12.9. The molecule has 0 radical (unpaired) electrons. The van der Waals surface area contributed by atoms with E-state index in [0.717, 1.165) is 32.5 Å². The van der Waals surface area contributed by atoms with Gasteiger partial charge in [-0.1, -0.05) is 6.07 Å². The molecule has 0 aliphatic carbocycles. The lowest BCUT2D eigenvalue weighted by Gasteiger charge is -2.32. The number of piperidine rings is 1. The molecular formula is C15H19F3N2. The van der Waals surface area contributed by atoms with E-state index in [2.05, 4.69) is 10.2 Å². The molecule has 3 unspecified atom stereocenters. The maximum Gasteiger partial charge on any atom is 0.416 e.